The first-order valence-electron chi connectivity index (χ1n) is 5.59. The van der Waals surface area contributed by atoms with Crippen molar-refractivity contribution in [2.24, 2.45) is 7.05 Å². The molecule has 0 atom stereocenters. The van der Waals surface area contributed by atoms with Gasteiger partial charge >= 0.3 is 0 Å². The minimum absolute atomic E-state index is 0.595. The van der Waals surface area contributed by atoms with Gasteiger partial charge in [-0.05, 0) is 31.0 Å². The molecule has 1 aromatic heterocycles. The first-order chi connectivity index (χ1) is 8.47. The summed E-state index contributed by atoms with van der Waals surface area (Å²) >= 11 is 6.23. The van der Waals surface area contributed by atoms with Crippen molar-refractivity contribution in [3.63, 3.8) is 0 Å². The topological polar surface area (TPSA) is 53.1 Å². The zero-order valence-electron chi connectivity index (χ0n) is 10.9. The lowest BCUT2D eigenvalue weighted by Crippen LogP contribution is -2.00. The van der Waals surface area contributed by atoms with E-state index in [1.54, 1.807) is 25.0 Å². The van der Waals surface area contributed by atoms with E-state index in [0.29, 0.717) is 10.8 Å². The average molecular weight is 266 g/mol. The molecule has 0 fully saturated rings. The summed E-state index contributed by atoms with van der Waals surface area (Å²) in [6, 6.07) is 1.89. The second kappa shape index (κ2) is 4.53. The van der Waals surface area contributed by atoms with Crippen molar-refractivity contribution < 1.29 is 4.74 Å². The average Bonchev–Trinajstić information content (AvgIpc) is 2.65. The van der Waals surface area contributed by atoms with Crippen molar-refractivity contribution in [2.45, 2.75) is 13.8 Å². The smallest absolute Gasteiger partial charge is 0.130 e. The summed E-state index contributed by atoms with van der Waals surface area (Å²) < 4.78 is 7.11. The van der Waals surface area contributed by atoms with Crippen molar-refractivity contribution in [1.29, 1.82) is 0 Å². The van der Waals surface area contributed by atoms with E-state index < -0.39 is 0 Å². The zero-order chi connectivity index (χ0) is 13.4. The number of nitrogens with zero attached hydrogens (tertiary/aromatic N) is 2. The quantitative estimate of drug-likeness (QED) is 0.908. The predicted molar refractivity (Wildman–Crippen MR) is 74.1 cm³/mol. The standard InChI is InChI=1S/C13H16ClN3O/c1-7-5-10(14)8(2)11(12(7)18-4)9-6-16-17(3)13(9)15/h5-6H,15H2,1-4H3. The third-order valence-corrected chi connectivity index (χ3v) is 3.51. The van der Waals surface area contributed by atoms with Gasteiger partial charge in [0.2, 0.25) is 0 Å². The van der Waals surface area contributed by atoms with E-state index in [0.717, 1.165) is 28.0 Å². The molecular weight excluding hydrogens is 250 g/mol. The molecule has 0 aliphatic carbocycles. The number of nitrogens with two attached hydrogens (primary N) is 1. The Hall–Kier alpha value is -1.68. The van der Waals surface area contributed by atoms with Crippen molar-refractivity contribution >= 4 is 17.4 Å². The minimum Gasteiger partial charge on any atom is -0.496 e. The van der Waals surface area contributed by atoms with Crippen LogP contribution in [0.3, 0.4) is 0 Å². The third kappa shape index (κ3) is 1.82. The first kappa shape index (κ1) is 12.8. The molecule has 0 spiro atoms. The molecule has 2 aromatic rings. The van der Waals surface area contributed by atoms with E-state index in [1.165, 1.54) is 0 Å². The van der Waals surface area contributed by atoms with Gasteiger partial charge in [-0.25, -0.2) is 0 Å². The number of anilines is 1. The van der Waals surface area contributed by atoms with Crippen LogP contribution in [0.5, 0.6) is 5.75 Å². The summed E-state index contributed by atoms with van der Waals surface area (Å²) in [6.07, 6.45) is 1.73. The Balaban J connectivity index is 2.81. The first-order valence-corrected chi connectivity index (χ1v) is 5.96. The zero-order valence-corrected chi connectivity index (χ0v) is 11.7. The minimum atomic E-state index is 0.595. The van der Waals surface area contributed by atoms with Gasteiger partial charge < -0.3 is 10.5 Å². The molecule has 5 heteroatoms. The van der Waals surface area contributed by atoms with Crippen LogP contribution >= 0.6 is 11.6 Å². The molecule has 0 bridgehead atoms. The Morgan fingerprint density at radius 3 is 2.56 bits per heavy atom. The van der Waals surface area contributed by atoms with E-state index >= 15 is 0 Å². The molecule has 0 radical (unpaired) electrons. The number of nitrogen functional groups attached to an aromatic ring is 1. The number of hydrogen-bond acceptors (Lipinski definition) is 3. The molecule has 0 saturated carbocycles. The second-order valence-corrected chi connectivity index (χ2v) is 4.68. The highest BCUT2D eigenvalue weighted by atomic mass is 35.5. The Morgan fingerprint density at radius 2 is 2.06 bits per heavy atom. The van der Waals surface area contributed by atoms with E-state index in [1.807, 2.05) is 19.9 Å². The van der Waals surface area contributed by atoms with Gasteiger partial charge in [-0.15, -0.1) is 0 Å². The molecule has 0 unspecified atom stereocenters. The third-order valence-electron chi connectivity index (χ3n) is 3.12. The number of benzene rings is 1. The van der Waals surface area contributed by atoms with Crippen LogP contribution in [0.4, 0.5) is 5.82 Å². The Bertz CT molecular complexity index is 605. The SMILES string of the molecule is COc1c(C)cc(Cl)c(C)c1-c1cnn(C)c1N. The Kier molecular flexibility index (Phi) is 3.22. The van der Waals surface area contributed by atoms with Crippen LogP contribution in [0.2, 0.25) is 5.02 Å². The number of rotatable bonds is 2. The number of hydrogen-bond donors (Lipinski definition) is 1. The maximum atomic E-state index is 6.23. The van der Waals surface area contributed by atoms with E-state index in [2.05, 4.69) is 5.10 Å². The lowest BCUT2D eigenvalue weighted by atomic mass is 9.98. The molecule has 0 aliphatic heterocycles. The van der Waals surface area contributed by atoms with Gasteiger partial charge in [0.05, 0.1) is 13.3 Å². The molecule has 1 aromatic carbocycles. The second-order valence-electron chi connectivity index (χ2n) is 4.28. The highest BCUT2D eigenvalue weighted by Crippen LogP contribution is 2.41. The summed E-state index contributed by atoms with van der Waals surface area (Å²) in [5.74, 6) is 1.38. The van der Waals surface area contributed by atoms with Crippen LogP contribution in [0.25, 0.3) is 11.1 Å². The van der Waals surface area contributed by atoms with Crippen molar-refractivity contribution in [3.05, 3.63) is 28.4 Å². The van der Waals surface area contributed by atoms with Gasteiger partial charge in [-0.3, -0.25) is 4.68 Å². The lowest BCUT2D eigenvalue weighted by molar-refractivity contribution is 0.413. The summed E-state index contributed by atoms with van der Waals surface area (Å²) in [6.45, 7) is 3.91. The summed E-state index contributed by atoms with van der Waals surface area (Å²) in [7, 11) is 3.45. The monoisotopic (exact) mass is 265 g/mol. The van der Waals surface area contributed by atoms with Gasteiger partial charge in [0.15, 0.2) is 0 Å². The maximum Gasteiger partial charge on any atom is 0.130 e. The van der Waals surface area contributed by atoms with Crippen molar-refractivity contribution in [3.8, 4) is 16.9 Å². The number of methoxy groups -OCH3 is 1. The molecule has 96 valence electrons. The number of aryl methyl sites for hydroxylation is 2. The Labute approximate surface area is 111 Å². The normalized spacial score (nSPS) is 10.7. The van der Waals surface area contributed by atoms with Crippen LogP contribution in [0.1, 0.15) is 11.1 Å². The number of aromatic nitrogens is 2. The Morgan fingerprint density at radius 1 is 1.39 bits per heavy atom. The lowest BCUT2D eigenvalue weighted by Gasteiger charge is -2.15. The molecule has 18 heavy (non-hydrogen) atoms. The van der Waals surface area contributed by atoms with Crippen LogP contribution in [-0.4, -0.2) is 16.9 Å². The van der Waals surface area contributed by atoms with Crippen molar-refractivity contribution in [2.75, 3.05) is 12.8 Å². The van der Waals surface area contributed by atoms with E-state index in [9.17, 15) is 0 Å². The number of ether oxygens (including phenoxy) is 1. The van der Waals surface area contributed by atoms with E-state index in [4.69, 9.17) is 22.1 Å². The maximum absolute atomic E-state index is 6.23. The number of halogens is 1. The highest BCUT2D eigenvalue weighted by molar-refractivity contribution is 6.32. The van der Waals surface area contributed by atoms with Gasteiger partial charge in [0.25, 0.3) is 0 Å². The fourth-order valence-electron chi connectivity index (χ4n) is 2.08. The van der Waals surface area contributed by atoms with Crippen molar-refractivity contribution in [1.82, 2.24) is 9.78 Å². The fraction of sp³-hybridized carbons (Fsp3) is 0.308. The van der Waals surface area contributed by atoms with E-state index in [-0.39, 0.29) is 0 Å². The van der Waals surface area contributed by atoms with Gasteiger partial charge in [0.1, 0.15) is 11.6 Å². The molecule has 4 nitrogen and oxygen atoms in total. The molecule has 0 saturated heterocycles. The van der Waals surface area contributed by atoms with Crippen LogP contribution in [-0.2, 0) is 7.05 Å². The molecular formula is C13H16ClN3O. The summed E-state index contributed by atoms with van der Waals surface area (Å²) in [5.41, 5.74) is 9.71. The van der Waals surface area contributed by atoms with Crippen LogP contribution in [0.15, 0.2) is 12.3 Å². The summed E-state index contributed by atoms with van der Waals surface area (Å²) in [4.78, 5) is 0. The highest BCUT2D eigenvalue weighted by Gasteiger charge is 2.19. The fourth-order valence-corrected chi connectivity index (χ4v) is 2.34. The van der Waals surface area contributed by atoms with Crippen LogP contribution < -0.4 is 10.5 Å². The molecule has 2 rings (SSSR count). The molecule has 1 heterocycles. The van der Waals surface area contributed by atoms with Gasteiger partial charge in [0, 0.05) is 23.2 Å². The van der Waals surface area contributed by atoms with Gasteiger partial charge in [-0.2, -0.15) is 5.10 Å². The molecule has 2 N–H and O–H groups in total. The largest absolute Gasteiger partial charge is 0.496 e. The van der Waals surface area contributed by atoms with Crippen LogP contribution in [0, 0.1) is 13.8 Å². The predicted octanol–water partition coefficient (Wildman–Crippen LogP) is 2.95. The molecule has 0 amide bonds. The molecule has 0 aliphatic rings. The summed E-state index contributed by atoms with van der Waals surface area (Å²) in [5, 5.41) is 4.86. The van der Waals surface area contributed by atoms with Gasteiger partial charge in [-0.1, -0.05) is 11.6 Å².